The van der Waals surface area contributed by atoms with Gasteiger partial charge in [0.05, 0.1) is 0 Å². The van der Waals surface area contributed by atoms with Crippen LogP contribution in [-0.4, -0.2) is 48.5 Å². The Labute approximate surface area is 158 Å². The molecule has 2 aromatic rings. The summed E-state index contributed by atoms with van der Waals surface area (Å²) in [5.74, 6) is 0.547. The molecule has 6 heteroatoms. The number of carbonyl (C=O) groups excluding carboxylic acids is 2. The van der Waals surface area contributed by atoms with Crippen LogP contribution in [0.3, 0.4) is 0 Å². The molecule has 0 bridgehead atoms. The van der Waals surface area contributed by atoms with Crippen LogP contribution in [0.5, 0.6) is 5.75 Å². The molecule has 0 spiro atoms. The van der Waals surface area contributed by atoms with Crippen molar-refractivity contribution in [3.05, 3.63) is 59.7 Å². The van der Waals surface area contributed by atoms with Crippen LogP contribution in [0.25, 0.3) is 0 Å². The van der Waals surface area contributed by atoms with Crippen LogP contribution >= 0.6 is 0 Å². The second-order valence-corrected chi connectivity index (χ2v) is 7.04. The molecule has 1 saturated heterocycles. The van der Waals surface area contributed by atoms with E-state index in [0.717, 1.165) is 24.4 Å². The van der Waals surface area contributed by atoms with Crippen molar-refractivity contribution in [1.82, 2.24) is 10.2 Å². The zero-order valence-corrected chi connectivity index (χ0v) is 15.3. The quantitative estimate of drug-likeness (QED) is 0.874. The molecule has 2 atom stereocenters. The van der Waals surface area contributed by atoms with Gasteiger partial charge in [-0.2, -0.15) is 0 Å². The van der Waals surface area contributed by atoms with Gasteiger partial charge in [0.15, 0.2) is 6.10 Å². The van der Waals surface area contributed by atoms with Crippen LogP contribution < -0.4 is 15.4 Å². The first kappa shape index (κ1) is 17.5. The molecule has 1 fully saturated rings. The molecule has 0 aromatic heterocycles. The van der Waals surface area contributed by atoms with Gasteiger partial charge < -0.3 is 20.3 Å². The van der Waals surface area contributed by atoms with Crippen LogP contribution in [0.1, 0.15) is 22.8 Å². The standard InChI is InChI=1S/C21H23N3O3/c1-14-13-22-9-10-24(14)21(26)16-6-4-7-17(11-16)23-20(25)19-12-15-5-2-3-8-18(15)27-19/h2-8,11,14,19,22H,9-10,12-13H2,1H3,(H,23,25)/t14-,19?/m0/s1. The van der Waals surface area contributed by atoms with Crippen molar-refractivity contribution in [1.29, 1.82) is 0 Å². The van der Waals surface area contributed by atoms with E-state index < -0.39 is 6.10 Å². The number of carbonyl (C=O) groups is 2. The van der Waals surface area contributed by atoms with E-state index in [9.17, 15) is 9.59 Å². The van der Waals surface area contributed by atoms with Gasteiger partial charge in [-0.1, -0.05) is 24.3 Å². The SMILES string of the molecule is C[C@H]1CNCCN1C(=O)c1cccc(NC(=O)C2Cc3ccccc3O2)c1. The van der Waals surface area contributed by atoms with E-state index in [2.05, 4.69) is 10.6 Å². The lowest BCUT2D eigenvalue weighted by Crippen LogP contribution is -2.52. The average Bonchev–Trinajstić information content (AvgIpc) is 3.12. The second kappa shape index (κ2) is 7.40. The molecule has 140 valence electrons. The van der Waals surface area contributed by atoms with Crippen LogP contribution in [-0.2, 0) is 11.2 Å². The van der Waals surface area contributed by atoms with Gasteiger partial charge in [-0.3, -0.25) is 9.59 Å². The summed E-state index contributed by atoms with van der Waals surface area (Å²) in [7, 11) is 0. The smallest absolute Gasteiger partial charge is 0.265 e. The van der Waals surface area contributed by atoms with Gasteiger partial charge in [0.25, 0.3) is 11.8 Å². The number of rotatable bonds is 3. The van der Waals surface area contributed by atoms with Crippen LogP contribution in [0.4, 0.5) is 5.69 Å². The van der Waals surface area contributed by atoms with Crippen molar-refractivity contribution in [3.8, 4) is 5.75 Å². The summed E-state index contributed by atoms with van der Waals surface area (Å²) in [6.07, 6.45) is 0.00814. The number of nitrogens with one attached hydrogen (secondary N) is 2. The summed E-state index contributed by atoms with van der Waals surface area (Å²) in [5, 5.41) is 6.16. The maximum Gasteiger partial charge on any atom is 0.265 e. The van der Waals surface area contributed by atoms with Gasteiger partial charge in [-0.15, -0.1) is 0 Å². The fourth-order valence-electron chi connectivity index (χ4n) is 3.59. The van der Waals surface area contributed by atoms with E-state index in [0.29, 0.717) is 24.2 Å². The molecule has 0 saturated carbocycles. The molecule has 2 amide bonds. The summed E-state index contributed by atoms with van der Waals surface area (Å²) < 4.78 is 5.73. The first-order valence-electron chi connectivity index (χ1n) is 9.29. The minimum atomic E-state index is -0.546. The second-order valence-electron chi connectivity index (χ2n) is 7.04. The number of ether oxygens (including phenoxy) is 1. The van der Waals surface area contributed by atoms with Crippen molar-refractivity contribution in [2.75, 3.05) is 25.0 Å². The molecule has 2 heterocycles. The van der Waals surface area contributed by atoms with Crippen LogP contribution in [0, 0.1) is 0 Å². The highest BCUT2D eigenvalue weighted by Crippen LogP contribution is 2.28. The van der Waals surface area contributed by atoms with Crippen molar-refractivity contribution in [3.63, 3.8) is 0 Å². The molecular formula is C21H23N3O3. The molecule has 2 aliphatic rings. The van der Waals surface area contributed by atoms with Gasteiger partial charge >= 0.3 is 0 Å². The number of hydrogen-bond acceptors (Lipinski definition) is 4. The molecule has 0 aliphatic carbocycles. The lowest BCUT2D eigenvalue weighted by atomic mass is 10.1. The molecule has 2 aliphatic heterocycles. The number of anilines is 1. The van der Waals surface area contributed by atoms with Crippen molar-refractivity contribution in [2.45, 2.75) is 25.5 Å². The van der Waals surface area contributed by atoms with Crippen molar-refractivity contribution < 1.29 is 14.3 Å². The molecule has 4 rings (SSSR count). The van der Waals surface area contributed by atoms with Crippen LogP contribution in [0.2, 0.25) is 0 Å². The first-order valence-corrected chi connectivity index (χ1v) is 9.29. The summed E-state index contributed by atoms with van der Waals surface area (Å²) >= 11 is 0. The van der Waals surface area contributed by atoms with Gasteiger partial charge in [0, 0.05) is 43.3 Å². The van der Waals surface area contributed by atoms with Crippen molar-refractivity contribution in [2.24, 2.45) is 0 Å². The Morgan fingerprint density at radius 2 is 2.04 bits per heavy atom. The molecule has 27 heavy (non-hydrogen) atoms. The average molecular weight is 365 g/mol. The number of piperazine rings is 1. The van der Waals surface area contributed by atoms with Crippen molar-refractivity contribution >= 4 is 17.5 Å². The van der Waals surface area contributed by atoms with Gasteiger partial charge in [0.2, 0.25) is 0 Å². The summed E-state index contributed by atoms with van der Waals surface area (Å²) in [6.45, 7) is 4.31. The predicted molar refractivity (Wildman–Crippen MR) is 103 cm³/mol. The van der Waals surface area contributed by atoms with E-state index in [1.165, 1.54) is 0 Å². The highest BCUT2D eigenvalue weighted by atomic mass is 16.5. The summed E-state index contributed by atoms with van der Waals surface area (Å²) in [6, 6.07) is 14.9. The lowest BCUT2D eigenvalue weighted by molar-refractivity contribution is -0.122. The maximum absolute atomic E-state index is 12.8. The molecule has 6 nitrogen and oxygen atoms in total. The normalized spacial score (nSPS) is 21.3. The molecule has 2 N–H and O–H groups in total. The summed E-state index contributed by atoms with van der Waals surface area (Å²) in [5.41, 5.74) is 2.22. The molecular weight excluding hydrogens is 342 g/mol. The maximum atomic E-state index is 12.8. The topological polar surface area (TPSA) is 70.7 Å². The van der Waals surface area contributed by atoms with E-state index in [-0.39, 0.29) is 17.9 Å². The fraction of sp³-hybridized carbons (Fsp3) is 0.333. The third kappa shape index (κ3) is 3.66. The Morgan fingerprint density at radius 3 is 2.85 bits per heavy atom. The first-order chi connectivity index (χ1) is 13.1. The number of hydrogen-bond donors (Lipinski definition) is 2. The monoisotopic (exact) mass is 365 g/mol. The zero-order valence-electron chi connectivity index (χ0n) is 15.3. The molecule has 1 unspecified atom stereocenters. The lowest BCUT2D eigenvalue weighted by Gasteiger charge is -2.34. The van der Waals surface area contributed by atoms with E-state index in [4.69, 9.17) is 4.74 Å². The number of fused-ring (bicyclic) bond motifs is 1. The largest absolute Gasteiger partial charge is 0.480 e. The Balaban J connectivity index is 1.44. The number of para-hydroxylation sites is 1. The molecule has 0 radical (unpaired) electrons. The minimum Gasteiger partial charge on any atom is -0.480 e. The Morgan fingerprint density at radius 1 is 1.19 bits per heavy atom. The predicted octanol–water partition coefficient (Wildman–Crippen LogP) is 2.06. The van der Waals surface area contributed by atoms with Gasteiger partial charge in [0.1, 0.15) is 5.75 Å². The fourth-order valence-corrected chi connectivity index (χ4v) is 3.59. The molecule has 2 aromatic carbocycles. The number of nitrogens with zero attached hydrogens (tertiary/aromatic N) is 1. The Hall–Kier alpha value is -2.86. The van der Waals surface area contributed by atoms with E-state index in [1.807, 2.05) is 36.1 Å². The number of benzene rings is 2. The van der Waals surface area contributed by atoms with Gasteiger partial charge in [-0.25, -0.2) is 0 Å². The highest BCUT2D eigenvalue weighted by molar-refractivity contribution is 5.98. The Bertz CT molecular complexity index is 842. The van der Waals surface area contributed by atoms with Crippen LogP contribution in [0.15, 0.2) is 48.5 Å². The number of amides is 2. The highest BCUT2D eigenvalue weighted by Gasteiger charge is 2.29. The van der Waals surface area contributed by atoms with Gasteiger partial charge in [-0.05, 0) is 36.8 Å². The minimum absolute atomic E-state index is 0.00961. The zero-order chi connectivity index (χ0) is 18.8. The van der Waals surface area contributed by atoms with E-state index >= 15 is 0 Å². The van der Waals surface area contributed by atoms with E-state index in [1.54, 1.807) is 24.3 Å². The third-order valence-corrected chi connectivity index (χ3v) is 5.08. The Kier molecular flexibility index (Phi) is 4.81. The summed E-state index contributed by atoms with van der Waals surface area (Å²) in [4.78, 5) is 27.3. The third-order valence-electron chi connectivity index (χ3n) is 5.08.